The predicted molar refractivity (Wildman–Crippen MR) is 107 cm³/mol. The third-order valence-corrected chi connectivity index (χ3v) is 6.21. The first-order valence-corrected chi connectivity index (χ1v) is 10.2. The summed E-state index contributed by atoms with van der Waals surface area (Å²) in [7, 11) is 0. The van der Waals surface area contributed by atoms with E-state index in [0.29, 0.717) is 18.0 Å². The van der Waals surface area contributed by atoms with E-state index in [2.05, 4.69) is 40.7 Å². The largest absolute Gasteiger partial charge is 0.330 e. The summed E-state index contributed by atoms with van der Waals surface area (Å²) >= 11 is 0. The Morgan fingerprint density at radius 2 is 2.00 bits per heavy atom. The Balaban J connectivity index is 1.22. The molecule has 150 valence electrons. The molecule has 5 rings (SSSR count). The molecular formula is C23H24FN3O2. The predicted octanol–water partition coefficient (Wildman–Crippen LogP) is 4.42. The number of carbonyl (C=O) groups excluding carboxylic acids is 1. The molecule has 2 aromatic carbocycles. The summed E-state index contributed by atoms with van der Waals surface area (Å²) in [6.45, 7) is 3.44. The molecule has 0 bridgehead atoms. The van der Waals surface area contributed by atoms with Crippen molar-refractivity contribution in [3.8, 4) is 0 Å². The molecule has 2 aliphatic rings. The van der Waals surface area contributed by atoms with Crippen molar-refractivity contribution in [2.75, 3.05) is 6.61 Å². The molecule has 6 heteroatoms. The molecule has 2 heterocycles. The number of rotatable bonds is 4. The van der Waals surface area contributed by atoms with Gasteiger partial charge in [0, 0.05) is 24.9 Å². The van der Waals surface area contributed by atoms with Crippen LogP contribution in [0.5, 0.6) is 0 Å². The Labute approximate surface area is 169 Å². The summed E-state index contributed by atoms with van der Waals surface area (Å²) in [4.78, 5) is 23.0. The molecule has 1 aromatic heterocycles. The van der Waals surface area contributed by atoms with Crippen molar-refractivity contribution >= 4 is 16.9 Å². The number of benzene rings is 2. The van der Waals surface area contributed by atoms with E-state index in [1.54, 1.807) is 17.5 Å². The molecule has 1 amide bonds. The van der Waals surface area contributed by atoms with Crippen molar-refractivity contribution in [2.45, 2.75) is 38.8 Å². The number of imidazole rings is 1. The zero-order chi connectivity index (χ0) is 20.0. The minimum Gasteiger partial charge on any atom is -0.330 e. The van der Waals surface area contributed by atoms with E-state index in [1.807, 2.05) is 0 Å². The van der Waals surface area contributed by atoms with E-state index < -0.39 is 0 Å². The summed E-state index contributed by atoms with van der Waals surface area (Å²) in [5.74, 6) is 0.262. The standard InChI is InChI=1S/C23H24FN3O2/c1-15-2-4-17(5-3-15)21-8-9-29-27(21)23(28)18-10-16(11-18)13-26-14-25-20-12-19(24)6-7-22(20)26/h2-7,12,14,16,18,21H,8-11,13H2,1H3/t16?,18?,21-/m0/s1. The molecule has 2 fully saturated rings. The maximum Gasteiger partial charge on any atom is 0.249 e. The lowest BCUT2D eigenvalue weighted by Crippen LogP contribution is -2.42. The van der Waals surface area contributed by atoms with Crippen molar-refractivity contribution < 1.29 is 14.0 Å². The zero-order valence-electron chi connectivity index (χ0n) is 16.4. The van der Waals surface area contributed by atoms with E-state index in [-0.39, 0.29) is 23.7 Å². The van der Waals surface area contributed by atoms with E-state index in [1.165, 1.54) is 17.7 Å². The molecule has 1 aliphatic carbocycles. The van der Waals surface area contributed by atoms with Gasteiger partial charge in [0.1, 0.15) is 5.82 Å². The average Bonchev–Trinajstić information content (AvgIpc) is 3.31. The molecule has 0 N–H and O–H groups in total. The van der Waals surface area contributed by atoms with Crippen LogP contribution >= 0.6 is 0 Å². The van der Waals surface area contributed by atoms with Gasteiger partial charge in [0.05, 0.1) is 30.0 Å². The van der Waals surface area contributed by atoms with Crippen LogP contribution in [0.2, 0.25) is 0 Å². The van der Waals surface area contributed by atoms with Gasteiger partial charge in [-0.3, -0.25) is 9.63 Å². The maximum absolute atomic E-state index is 13.3. The van der Waals surface area contributed by atoms with Gasteiger partial charge in [-0.2, -0.15) is 0 Å². The Morgan fingerprint density at radius 3 is 2.79 bits per heavy atom. The van der Waals surface area contributed by atoms with Crippen LogP contribution < -0.4 is 0 Å². The van der Waals surface area contributed by atoms with E-state index in [0.717, 1.165) is 36.9 Å². The van der Waals surface area contributed by atoms with Crippen LogP contribution in [0.25, 0.3) is 11.0 Å². The molecule has 1 saturated carbocycles. The maximum atomic E-state index is 13.3. The highest BCUT2D eigenvalue weighted by Gasteiger charge is 2.41. The smallest absolute Gasteiger partial charge is 0.249 e. The van der Waals surface area contributed by atoms with Crippen LogP contribution in [0.1, 0.15) is 36.4 Å². The first kappa shape index (κ1) is 18.3. The highest BCUT2D eigenvalue weighted by molar-refractivity contribution is 5.79. The number of fused-ring (bicyclic) bond motifs is 1. The fourth-order valence-corrected chi connectivity index (χ4v) is 4.50. The summed E-state index contributed by atoms with van der Waals surface area (Å²) in [5.41, 5.74) is 3.95. The first-order valence-electron chi connectivity index (χ1n) is 10.2. The molecule has 3 aromatic rings. The summed E-state index contributed by atoms with van der Waals surface area (Å²) in [6.07, 6.45) is 4.29. The molecule has 5 nitrogen and oxygen atoms in total. The number of aromatic nitrogens is 2. The monoisotopic (exact) mass is 393 g/mol. The summed E-state index contributed by atoms with van der Waals surface area (Å²) in [6, 6.07) is 13.0. The number of hydroxylamine groups is 2. The summed E-state index contributed by atoms with van der Waals surface area (Å²) in [5, 5.41) is 1.61. The number of carbonyl (C=O) groups is 1. The van der Waals surface area contributed by atoms with Crippen LogP contribution in [0, 0.1) is 24.6 Å². The van der Waals surface area contributed by atoms with E-state index >= 15 is 0 Å². The van der Waals surface area contributed by atoms with Gasteiger partial charge in [-0.1, -0.05) is 29.8 Å². The fourth-order valence-electron chi connectivity index (χ4n) is 4.50. The van der Waals surface area contributed by atoms with E-state index in [4.69, 9.17) is 4.84 Å². The number of hydrogen-bond donors (Lipinski definition) is 0. The van der Waals surface area contributed by atoms with Crippen molar-refractivity contribution in [3.63, 3.8) is 0 Å². The van der Waals surface area contributed by atoms with Gasteiger partial charge in [0.2, 0.25) is 5.91 Å². The normalized spacial score (nSPS) is 24.1. The topological polar surface area (TPSA) is 47.4 Å². The van der Waals surface area contributed by atoms with Gasteiger partial charge >= 0.3 is 0 Å². The molecule has 0 unspecified atom stereocenters. The second-order valence-electron chi connectivity index (χ2n) is 8.28. The summed E-state index contributed by atoms with van der Waals surface area (Å²) < 4.78 is 15.4. The van der Waals surface area contributed by atoms with Crippen LogP contribution in [0.3, 0.4) is 0 Å². The number of nitrogens with zero attached hydrogens (tertiary/aromatic N) is 3. The van der Waals surface area contributed by atoms with Crippen LogP contribution in [-0.4, -0.2) is 27.1 Å². The molecule has 29 heavy (non-hydrogen) atoms. The zero-order valence-corrected chi connectivity index (χ0v) is 16.4. The molecule has 0 radical (unpaired) electrons. The number of halogens is 1. The molecule has 1 saturated heterocycles. The SMILES string of the molecule is Cc1ccc([C@@H]2CCON2C(=O)C2CC(Cn3cnc4cc(F)ccc43)C2)cc1. The molecule has 1 atom stereocenters. The van der Waals surface area contributed by atoms with Gasteiger partial charge in [0.25, 0.3) is 0 Å². The minimum atomic E-state index is -0.272. The lowest BCUT2D eigenvalue weighted by atomic mass is 9.74. The Bertz CT molecular complexity index is 1040. The molecular weight excluding hydrogens is 369 g/mol. The van der Waals surface area contributed by atoms with Crippen molar-refractivity contribution in [2.24, 2.45) is 11.8 Å². The average molecular weight is 393 g/mol. The van der Waals surface area contributed by atoms with Gasteiger partial charge < -0.3 is 4.57 Å². The lowest BCUT2D eigenvalue weighted by molar-refractivity contribution is -0.186. The molecule has 0 spiro atoms. The van der Waals surface area contributed by atoms with E-state index in [9.17, 15) is 9.18 Å². The minimum absolute atomic E-state index is 0.00892. The quantitative estimate of drug-likeness (QED) is 0.659. The van der Waals surface area contributed by atoms with Crippen molar-refractivity contribution in [1.82, 2.24) is 14.6 Å². The van der Waals surface area contributed by atoms with Crippen molar-refractivity contribution in [1.29, 1.82) is 0 Å². The second-order valence-corrected chi connectivity index (χ2v) is 8.28. The number of amides is 1. The third kappa shape index (κ3) is 3.42. The van der Waals surface area contributed by atoms with Crippen LogP contribution in [0.4, 0.5) is 4.39 Å². The van der Waals surface area contributed by atoms with Gasteiger partial charge in [-0.05, 0) is 43.4 Å². The fraction of sp³-hybridized carbons (Fsp3) is 0.391. The van der Waals surface area contributed by atoms with Gasteiger partial charge in [-0.15, -0.1) is 0 Å². The first-order chi connectivity index (χ1) is 14.1. The Morgan fingerprint density at radius 1 is 1.21 bits per heavy atom. The highest BCUT2D eigenvalue weighted by atomic mass is 19.1. The number of hydrogen-bond acceptors (Lipinski definition) is 3. The Kier molecular flexibility index (Phi) is 4.59. The lowest BCUT2D eigenvalue weighted by Gasteiger charge is -2.37. The van der Waals surface area contributed by atoms with Crippen molar-refractivity contribution in [3.05, 3.63) is 65.7 Å². The van der Waals surface area contributed by atoms with Gasteiger partial charge in [-0.25, -0.2) is 14.4 Å². The molecule has 1 aliphatic heterocycles. The number of aryl methyl sites for hydroxylation is 1. The second kappa shape index (κ2) is 7.26. The van der Waals surface area contributed by atoms with Crippen LogP contribution in [-0.2, 0) is 16.2 Å². The Hall–Kier alpha value is -2.73. The van der Waals surface area contributed by atoms with Gasteiger partial charge in [0.15, 0.2) is 0 Å². The highest BCUT2D eigenvalue weighted by Crippen LogP contribution is 2.40. The van der Waals surface area contributed by atoms with Crippen LogP contribution in [0.15, 0.2) is 48.8 Å². The third-order valence-electron chi connectivity index (χ3n) is 6.21.